The van der Waals surface area contributed by atoms with Gasteiger partial charge in [0.2, 0.25) is 5.91 Å². The minimum absolute atomic E-state index is 0.266. The fourth-order valence-corrected chi connectivity index (χ4v) is 1.60. The van der Waals surface area contributed by atoms with E-state index in [0.717, 1.165) is 0 Å². The van der Waals surface area contributed by atoms with E-state index in [1.807, 2.05) is 20.8 Å². The van der Waals surface area contributed by atoms with Gasteiger partial charge >= 0.3 is 0 Å². The maximum atomic E-state index is 13.5. The predicted molar refractivity (Wildman–Crippen MR) is 70.4 cm³/mol. The van der Waals surface area contributed by atoms with Gasteiger partial charge in [0.15, 0.2) is 0 Å². The molecule has 0 aliphatic carbocycles. The molecule has 0 saturated heterocycles. The van der Waals surface area contributed by atoms with Crippen molar-refractivity contribution in [1.82, 2.24) is 5.32 Å². The van der Waals surface area contributed by atoms with Crippen molar-refractivity contribution in [2.24, 2.45) is 11.1 Å². The van der Waals surface area contributed by atoms with Crippen LogP contribution in [-0.2, 0) is 4.79 Å². The zero-order valence-electron chi connectivity index (χ0n) is 11.3. The molecule has 0 aliphatic rings. The van der Waals surface area contributed by atoms with Crippen LogP contribution in [0.25, 0.3) is 0 Å². The summed E-state index contributed by atoms with van der Waals surface area (Å²) >= 11 is 0. The number of halogens is 1. The third-order valence-electron chi connectivity index (χ3n) is 2.95. The van der Waals surface area contributed by atoms with Crippen molar-refractivity contribution < 1.29 is 9.18 Å². The Morgan fingerprint density at radius 2 is 1.89 bits per heavy atom. The maximum Gasteiger partial charge on any atom is 0.237 e. The minimum atomic E-state index is -0.619. The molecule has 1 amide bonds. The quantitative estimate of drug-likeness (QED) is 0.867. The molecule has 0 bridgehead atoms. The lowest BCUT2D eigenvalue weighted by Gasteiger charge is -2.27. The van der Waals surface area contributed by atoms with Crippen LogP contribution in [0.3, 0.4) is 0 Å². The Balaban J connectivity index is 2.75. The van der Waals surface area contributed by atoms with Gasteiger partial charge in [-0.25, -0.2) is 4.39 Å². The fraction of sp³-hybridized carbons (Fsp3) is 0.500. The third kappa shape index (κ3) is 3.53. The highest BCUT2D eigenvalue weighted by Crippen LogP contribution is 2.20. The van der Waals surface area contributed by atoms with Gasteiger partial charge in [-0.05, 0) is 18.4 Å². The number of nitrogens with two attached hydrogens (primary N) is 1. The van der Waals surface area contributed by atoms with Gasteiger partial charge in [0.1, 0.15) is 5.82 Å². The monoisotopic (exact) mass is 252 g/mol. The Labute approximate surface area is 108 Å². The van der Waals surface area contributed by atoms with Gasteiger partial charge in [0, 0.05) is 5.56 Å². The van der Waals surface area contributed by atoms with Crippen LogP contribution in [0.5, 0.6) is 0 Å². The standard InChI is InChI=1S/C14H21FN2O/c1-9(10-7-5-6-8-11(10)15)17-13(18)12(16)14(2,3)4/h5-9,12H,16H2,1-4H3,(H,17,18)/t9-,12?/m1/s1. The number of carbonyl (C=O) groups is 1. The molecule has 1 aromatic rings. The summed E-state index contributed by atoms with van der Waals surface area (Å²) in [7, 11) is 0. The van der Waals surface area contributed by atoms with Crippen molar-refractivity contribution >= 4 is 5.91 Å². The van der Waals surface area contributed by atoms with Crippen molar-refractivity contribution in [3.8, 4) is 0 Å². The second-order valence-electron chi connectivity index (χ2n) is 5.60. The summed E-state index contributed by atoms with van der Waals surface area (Å²) in [5.74, 6) is -0.590. The smallest absolute Gasteiger partial charge is 0.237 e. The van der Waals surface area contributed by atoms with E-state index in [1.165, 1.54) is 6.07 Å². The summed E-state index contributed by atoms with van der Waals surface area (Å²) in [4.78, 5) is 11.9. The van der Waals surface area contributed by atoms with E-state index < -0.39 is 12.1 Å². The van der Waals surface area contributed by atoms with Crippen LogP contribution in [-0.4, -0.2) is 11.9 Å². The van der Waals surface area contributed by atoms with Crippen LogP contribution >= 0.6 is 0 Å². The molecule has 1 rings (SSSR count). The molecule has 4 heteroatoms. The average molecular weight is 252 g/mol. The molecule has 0 aromatic heterocycles. The van der Waals surface area contributed by atoms with Gasteiger partial charge in [0.25, 0.3) is 0 Å². The molecule has 100 valence electrons. The molecule has 0 saturated carbocycles. The molecular weight excluding hydrogens is 231 g/mol. The zero-order valence-corrected chi connectivity index (χ0v) is 11.3. The summed E-state index contributed by atoms with van der Waals surface area (Å²) in [6.45, 7) is 7.42. The first-order valence-electron chi connectivity index (χ1n) is 6.04. The number of benzene rings is 1. The maximum absolute atomic E-state index is 13.5. The van der Waals surface area contributed by atoms with Crippen molar-refractivity contribution in [3.63, 3.8) is 0 Å². The van der Waals surface area contributed by atoms with Gasteiger partial charge in [-0.2, -0.15) is 0 Å². The normalized spacial score (nSPS) is 15.0. The summed E-state index contributed by atoms with van der Waals surface area (Å²) in [6.07, 6.45) is 0. The van der Waals surface area contributed by atoms with Crippen LogP contribution in [0.15, 0.2) is 24.3 Å². The first kappa shape index (κ1) is 14.6. The number of rotatable bonds is 3. The lowest BCUT2D eigenvalue weighted by atomic mass is 9.86. The Kier molecular flexibility index (Phi) is 4.46. The highest BCUT2D eigenvalue weighted by molar-refractivity contribution is 5.82. The first-order chi connectivity index (χ1) is 8.23. The number of hydrogen-bond acceptors (Lipinski definition) is 2. The van der Waals surface area contributed by atoms with Gasteiger partial charge in [-0.15, -0.1) is 0 Å². The highest BCUT2D eigenvalue weighted by atomic mass is 19.1. The van der Waals surface area contributed by atoms with Crippen molar-refractivity contribution in [1.29, 1.82) is 0 Å². The molecule has 0 fully saturated rings. The van der Waals surface area contributed by atoms with Crippen LogP contribution in [0.2, 0.25) is 0 Å². The molecule has 0 spiro atoms. The largest absolute Gasteiger partial charge is 0.348 e. The van der Waals surface area contributed by atoms with Crippen molar-refractivity contribution in [2.75, 3.05) is 0 Å². The van der Waals surface area contributed by atoms with Crippen LogP contribution in [0.1, 0.15) is 39.3 Å². The Morgan fingerprint density at radius 1 is 1.33 bits per heavy atom. The van der Waals surface area contributed by atoms with E-state index in [-0.39, 0.29) is 17.1 Å². The number of hydrogen-bond donors (Lipinski definition) is 2. The lowest BCUT2D eigenvalue weighted by molar-refractivity contribution is -0.125. The molecule has 18 heavy (non-hydrogen) atoms. The van der Waals surface area contributed by atoms with Gasteiger partial charge in [-0.3, -0.25) is 4.79 Å². The number of carbonyl (C=O) groups excluding carboxylic acids is 1. The Bertz CT molecular complexity index is 426. The van der Waals surface area contributed by atoms with Crippen LogP contribution < -0.4 is 11.1 Å². The zero-order chi connectivity index (χ0) is 13.9. The van der Waals surface area contributed by atoms with Gasteiger partial charge < -0.3 is 11.1 Å². The van der Waals surface area contributed by atoms with E-state index in [2.05, 4.69) is 5.32 Å². The molecule has 1 aromatic carbocycles. The van der Waals surface area contributed by atoms with E-state index in [4.69, 9.17) is 5.73 Å². The van der Waals surface area contributed by atoms with E-state index >= 15 is 0 Å². The lowest BCUT2D eigenvalue weighted by Crippen LogP contribution is -2.49. The van der Waals surface area contributed by atoms with E-state index in [0.29, 0.717) is 5.56 Å². The molecule has 3 nitrogen and oxygen atoms in total. The third-order valence-corrected chi connectivity index (χ3v) is 2.95. The second kappa shape index (κ2) is 5.48. The van der Waals surface area contributed by atoms with Crippen molar-refractivity contribution in [3.05, 3.63) is 35.6 Å². The average Bonchev–Trinajstić information content (AvgIpc) is 2.27. The first-order valence-corrected chi connectivity index (χ1v) is 6.04. The van der Waals surface area contributed by atoms with Crippen LogP contribution in [0.4, 0.5) is 4.39 Å². The van der Waals surface area contributed by atoms with Gasteiger partial charge in [-0.1, -0.05) is 39.0 Å². The second-order valence-corrected chi connectivity index (χ2v) is 5.60. The highest BCUT2D eigenvalue weighted by Gasteiger charge is 2.28. The Morgan fingerprint density at radius 3 is 2.39 bits per heavy atom. The number of nitrogens with one attached hydrogen (secondary N) is 1. The topological polar surface area (TPSA) is 55.1 Å². The molecule has 2 atom stereocenters. The van der Waals surface area contributed by atoms with Gasteiger partial charge in [0.05, 0.1) is 12.1 Å². The van der Waals surface area contributed by atoms with E-state index in [9.17, 15) is 9.18 Å². The SMILES string of the molecule is C[C@@H](NC(=O)C(N)C(C)(C)C)c1ccccc1F. The Hall–Kier alpha value is -1.42. The summed E-state index contributed by atoms with van der Waals surface area (Å²) < 4.78 is 13.5. The summed E-state index contributed by atoms with van der Waals surface area (Å²) in [5, 5.41) is 2.74. The van der Waals surface area contributed by atoms with Crippen LogP contribution in [0, 0.1) is 11.2 Å². The summed E-state index contributed by atoms with van der Waals surface area (Å²) in [6, 6.07) is 5.38. The molecule has 0 heterocycles. The molecular formula is C14H21FN2O. The predicted octanol–water partition coefficient (Wildman–Crippen LogP) is 2.38. The fourth-order valence-electron chi connectivity index (χ4n) is 1.60. The molecule has 3 N–H and O–H groups in total. The molecule has 0 radical (unpaired) electrons. The molecule has 0 aliphatic heterocycles. The number of amides is 1. The van der Waals surface area contributed by atoms with Crippen molar-refractivity contribution in [2.45, 2.75) is 39.8 Å². The minimum Gasteiger partial charge on any atom is -0.348 e. The summed E-state index contributed by atoms with van der Waals surface area (Å²) in [5.41, 5.74) is 6.00. The van der Waals surface area contributed by atoms with E-state index in [1.54, 1.807) is 25.1 Å². The molecule has 1 unspecified atom stereocenters.